The van der Waals surface area contributed by atoms with Crippen LogP contribution in [-0.2, 0) is 9.84 Å². The lowest BCUT2D eigenvalue weighted by Gasteiger charge is -2.23. The molecular weight excluding hydrogens is 242 g/mol. The Kier molecular flexibility index (Phi) is 5.20. The fraction of sp³-hybridized carbons (Fsp3) is 0.900. The van der Waals surface area contributed by atoms with Gasteiger partial charge in [0, 0.05) is 33.2 Å². The zero-order chi connectivity index (χ0) is 12.9. The minimum Gasteiger partial charge on any atom is -0.337 e. The molecule has 0 aliphatic carbocycles. The minimum absolute atomic E-state index is 0.113. The van der Waals surface area contributed by atoms with Crippen molar-refractivity contribution in [3.05, 3.63) is 0 Å². The van der Waals surface area contributed by atoms with Gasteiger partial charge < -0.3 is 15.5 Å². The average Bonchev–Trinajstić information content (AvgIpc) is 2.25. The predicted octanol–water partition coefficient (Wildman–Crippen LogP) is -0.576. The van der Waals surface area contributed by atoms with E-state index in [1.165, 1.54) is 4.90 Å². The molecule has 1 rings (SSSR count). The number of nitrogens with one attached hydrogen (secondary N) is 2. The lowest BCUT2D eigenvalue weighted by atomic mass is 10.1. The Labute approximate surface area is 103 Å². The zero-order valence-corrected chi connectivity index (χ0v) is 11.2. The van der Waals surface area contributed by atoms with E-state index < -0.39 is 9.84 Å². The molecule has 1 heterocycles. The number of urea groups is 1. The summed E-state index contributed by atoms with van der Waals surface area (Å²) < 4.78 is 22.4. The van der Waals surface area contributed by atoms with E-state index in [2.05, 4.69) is 10.6 Å². The molecule has 1 saturated heterocycles. The largest absolute Gasteiger partial charge is 0.337 e. The second-order valence-electron chi connectivity index (χ2n) is 4.51. The van der Waals surface area contributed by atoms with E-state index in [1.54, 1.807) is 14.1 Å². The first kappa shape index (κ1) is 14.2. The molecule has 0 aromatic carbocycles. The summed E-state index contributed by atoms with van der Waals surface area (Å²) in [6.45, 7) is 1.23. The van der Waals surface area contributed by atoms with Gasteiger partial charge in [-0.3, -0.25) is 0 Å². The normalized spacial score (nSPS) is 19.9. The zero-order valence-electron chi connectivity index (χ0n) is 10.4. The third-order valence-corrected chi connectivity index (χ3v) is 4.51. The van der Waals surface area contributed by atoms with Crippen LogP contribution >= 0.6 is 0 Å². The summed E-state index contributed by atoms with van der Waals surface area (Å²) in [5.41, 5.74) is 0. The van der Waals surface area contributed by atoms with Crippen LogP contribution in [0.2, 0.25) is 0 Å². The van der Waals surface area contributed by atoms with E-state index in [-0.39, 0.29) is 23.6 Å². The first-order valence-corrected chi connectivity index (χ1v) is 7.62. The van der Waals surface area contributed by atoms with E-state index in [0.717, 1.165) is 0 Å². The number of carbonyl (C=O) groups is 1. The van der Waals surface area contributed by atoms with Crippen LogP contribution in [0.4, 0.5) is 4.79 Å². The SMILES string of the molecule is CN(C)C(=O)NCCNC1CCS(=O)(=O)CC1. The molecule has 0 unspecified atom stereocenters. The van der Waals surface area contributed by atoms with Crippen LogP contribution in [0.25, 0.3) is 0 Å². The smallest absolute Gasteiger partial charge is 0.316 e. The van der Waals surface area contributed by atoms with Crippen molar-refractivity contribution >= 4 is 15.9 Å². The van der Waals surface area contributed by atoms with Gasteiger partial charge in [-0.15, -0.1) is 0 Å². The quantitative estimate of drug-likeness (QED) is 0.666. The summed E-state index contributed by atoms with van der Waals surface area (Å²) >= 11 is 0. The molecule has 1 aliphatic rings. The lowest BCUT2D eigenvalue weighted by molar-refractivity contribution is 0.217. The molecule has 0 atom stereocenters. The van der Waals surface area contributed by atoms with Crippen LogP contribution in [0.5, 0.6) is 0 Å². The summed E-state index contributed by atoms with van der Waals surface area (Å²) in [5, 5.41) is 6.00. The molecule has 1 aliphatic heterocycles. The van der Waals surface area contributed by atoms with Crippen LogP contribution in [0.15, 0.2) is 0 Å². The molecule has 2 amide bonds. The summed E-state index contributed by atoms with van der Waals surface area (Å²) in [4.78, 5) is 12.7. The molecule has 0 saturated carbocycles. The van der Waals surface area contributed by atoms with Crippen molar-refractivity contribution in [2.75, 3.05) is 38.7 Å². The van der Waals surface area contributed by atoms with Gasteiger partial charge in [-0.2, -0.15) is 0 Å². The molecular formula is C10H21N3O3S. The van der Waals surface area contributed by atoms with E-state index >= 15 is 0 Å². The number of hydrogen-bond donors (Lipinski definition) is 2. The molecule has 0 aromatic heterocycles. The Morgan fingerprint density at radius 1 is 1.24 bits per heavy atom. The summed E-state index contributed by atoms with van der Waals surface area (Å²) in [6.07, 6.45) is 1.34. The third-order valence-electron chi connectivity index (χ3n) is 2.80. The van der Waals surface area contributed by atoms with Crippen LogP contribution in [-0.4, -0.2) is 64.1 Å². The highest BCUT2D eigenvalue weighted by Crippen LogP contribution is 2.11. The highest BCUT2D eigenvalue weighted by molar-refractivity contribution is 7.91. The molecule has 0 radical (unpaired) electrons. The summed E-state index contributed by atoms with van der Waals surface area (Å²) in [6, 6.07) is 0.146. The first-order valence-electron chi connectivity index (χ1n) is 5.80. The molecule has 0 bridgehead atoms. The number of hydrogen-bond acceptors (Lipinski definition) is 4. The van der Waals surface area contributed by atoms with Crippen LogP contribution in [0.1, 0.15) is 12.8 Å². The van der Waals surface area contributed by atoms with Crippen molar-refractivity contribution in [3.63, 3.8) is 0 Å². The van der Waals surface area contributed by atoms with E-state index in [4.69, 9.17) is 0 Å². The average molecular weight is 263 g/mol. The van der Waals surface area contributed by atoms with Gasteiger partial charge >= 0.3 is 6.03 Å². The van der Waals surface area contributed by atoms with Crippen LogP contribution in [0, 0.1) is 0 Å². The Bertz CT molecular complexity index is 340. The van der Waals surface area contributed by atoms with E-state index in [1.807, 2.05) is 0 Å². The molecule has 100 valence electrons. The van der Waals surface area contributed by atoms with Gasteiger partial charge in [0.1, 0.15) is 9.84 Å². The maximum absolute atomic E-state index is 11.2. The second kappa shape index (κ2) is 6.20. The molecule has 6 nitrogen and oxygen atoms in total. The Hall–Kier alpha value is -0.820. The van der Waals surface area contributed by atoms with Crippen LogP contribution in [0.3, 0.4) is 0 Å². The molecule has 0 spiro atoms. The maximum atomic E-state index is 11.2. The van der Waals surface area contributed by atoms with Gasteiger partial charge in [-0.25, -0.2) is 13.2 Å². The molecule has 2 N–H and O–H groups in total. The van der Waals surface area contributed by atoms with Crippen molar-refractivity contribution in [1.82, 2.24) is 15.5 Å². The van der Waals surface area contributed by atoms with Gasteiger partial charge in [-0.1, -0.05) is 0 Å². The third kappa shape index (κ3) is 5.36. The van der Waals surface area contributed by atoms with Crippen molar-refractivity contribution in [3.8, 4) is 0 Å². The topological polar surface area (TPSA) is 78.5 Å². The predicted molar refractivity (Wildman–Crippen MR) is 66.8 cm³/mol. The van der Waals surface area contributed by atoms with E-state index in [0.29, 0.717) is 25.9 Å². The van der Waals surface area contributed by atoms with Crippen molar-refractivity contribution in [2.45, 2.75) is 18.9 Å². The molecule has 17 heavy (non-hydrogen) atoms. The maximum Gasteiger partial charge on any atom is 0.316 e. The van der Waals surface area contributed by atoms with E-state index in [9.17, 15) is 13.2 Å². The summed E-state index contributed by atoms with van der Waals surface area (Å²) in [5.74, 6) is 0.545. The van der Waals surface area contributed by atoms with Gasteiger partial charge in [-0.05, 0) is 12.8 Å². The van der Waals surface area contributed by atoms with Gasteiger partial charge in [0.05, 0.1) is 11.5 Å². The fourth-order valence-corrected chi connectivity index (χ4v) is 3.19. The monoisotopic (exact) mass is 263 g/mol. The fourth-order valence-electron chi connectivity index (χ4n) is 1.70. The van der Waals surface area contributed by atoms with Crippen LogP contribution < -0.4 is 10.6 Å². The standard InChI is InChI=1S/C10H21N3O3S/c1-13(2)10(14)12-6-5-11-9-3-7-17(15,16)8-4-9/h9,11H,3-8H2,1-2H3,(H,12,14). The number of amides is 2. The van der Waals surface area contributed by atoms with Gasteiger partial charge in [0.15, 0.2) is 0 Å². The van der Waals surface area contributed by atoms with Gasteiger partial charge in [0.2, 0.25) is 0 Å². The second-order valence-corrected chi connectivity index (χ2v) is 6.81. The van der Waals surface area contributed by atoms with Crippen molar-refractivity contribution in [2.24, 2.45) is 0 Å². The first-order chi connectivity index (χ1) is 7.91. The molecule has 1 fully saturated rings. The highest BCUT2D eigenvalue weighted by Gasteiger charge is 2.22. The highest BCUT2D eigenvalue weighted by atomic mass is 32.2. The Balaban J connectivity index is 2.10. The Morgan fingerprint density at radius 2 is 1.82 bits per heavy atom. The molecule has 7 heteroatoms. The van der Waals surface area contributed by atoms with Crippen molar-refractivity contribution in [1.29, 1.82) is 0 Å². The number of carbonyl (C=O) groups excluding carboxylic acids is 1. The number of sulfone groups is 1. The lowest BCUT2D eigenvalue weighted by Crippen LogP contribution is -2.43. The molecule has 0 aromatic rings. The Morgan fingerprint density at radius 3 is 2.35 bits per heavy atom. The number of rotatable bonds is 4. The summed E-state index contributed by atoms with van der Waals surface area (Å²) in [7, 11) is 0.591. The minimum atomic E-state index is -2.79. The number of nitrogens with zero attached hydrogens (tertiary/aromatic N) is 1. The van der Waals surface area contributed by atoms with Crippen molar-refractivity contribution < 1.29 is 13.2 Å². The van der Waals surface area contributed by atoms with Gasteiger partial charge in [0.25, 0.3) is 0 Å².